The summed E-state index contributed by atoms with van der Waals surface area (Å²) in [6.45, 7) is 7.60. The number of nitrogens with zero attached hydrogens (tertiary/aromatic N) is 3. The normalized spacial score (nSPS) is 10.9. The maximum Gasteiger partial charge on any atom is 0.270 e. The van der Waals surface area contributed by atoms with E-state index in [-0.39, 0.29) is 18.3 Å². The van der Waals surface area contributed by atoms with Gasteiger partial charge in [0.1, 0.15) is 5.75 Å². The zero-order chi connectivity index (χ0) is 19.4. The lowest BCUT2D eigenvalue weighted by Crippen LogP contribution is -2.38. The third kappa shape index (κ3) is 5.24. The summed E-state index contributed by atoms with van der Waals surface area (Å²) in [5, 5.41) is 0.722. The van der Waals surface area contributed by atoms with Crippen LogP contribution in [0.1, 0.15) is 23.5 Å². The van der Waals surface area contributed by atoms with E-state index in [1.807, 2.05) is 30.3 Å². The van der Waals surface area contributed by atoms with Crippen LogP contribution in [0.3, 0.4) is 0 Å². The van der Waals surface area contributed by atoms with Gasteiger partial charge in [-0.3, -0.25) is 9.69 Å². The predicted molar refractivity (Wildman–Crippen MR) is 125 cm³/mol. The summed E-state index contributed by atoms with van der Waals surface area (Å²) in [6, 6.07) is 9.56. The number of likely N-dealkylation sites (N-methyl/N-ethyl adjacent to an activating group) is 1. The molecule has 0 saturated heterocycles. The Bertz CT molecular complexity index is 927. The van der Waals surface area contributed by atoms with Crippen molar-refractivity contribution >= 4 is 72.3 Å². The number of benzene rings is 1. The van der Waals surface area contributed by atoms with E-state index >= 15 is 0 Å². The second-order valence-corrected chi connectivity index (χ2v) is 9.39. The van der Waals surface area contributed by atoms with Gasteiger partial charge in [0.25, 0.3) is 5.91 Å². The molecule has 2 heterocycles. The van der Waals surface area contributed by atoms with Gasteiger partial charge in [0, 0.05) is 13.1 Å². The van der Waals surface area contributed by atoms with Crippen molar-refractivity contribution < 1.29 is 9.53 Å². The van der Waals surface area contributed by atoms with Crippen LogP contribution >= 0.6 is 51.0 Å². The lowest BCUT2D eigenvalue weighted by atomic mass is 10.3. The maximum atomic E-state index is 13.2. The number of fused-ring (bicyclic) bond motifs is 1. The first-order valence-corrected chi connectivity index (χ1v) is 11.2. The average molecular weight is 505 g/mol. The predicted octanol–water partition coefficient (Wildman–Crippen LogP) is 5.54. The van der Waals surface area contributed by atoms with Crippen LogP contribution in [0.4, 0.5) is 5.13 Å². The number of hydrogen-bond donors (Lipinski definition) is 0. The number of anilines is 1. The highest BCUT2D eigenvalue weighted by Gasteiger charge is 2.23. The van der Waals surface area contributed by atoms with Crippen molar-refractivity contribution in [2.45, 2.75) is 13.8 Å². The molecular weight excluding hydrogens is 482 g/mol. The van der Waals surface area contributed by atoms with E-state index < -0.39 is 0 Å². The smallest absolute Gasteiger partial charge is 0.270 e. The van der Waals surface area contributed by atoms with E-state index in [4.69, 9.17) is 9.72 Å². The zero-order valence-electron chi connectivity index (χ0n) is 16.0. The fraction of sp³-hybridized carbons (Fsp3) is 0.368. The lowest BCUT2D eigenvalue weighted by Gasteiger charge is -2.24. The molecule has 0 spiro atoms. The Hall–Kier alpha value is -1.19. The van der Waals surface area contributed by atoms with Gasteiger partial charge in [-0.15, -0.1) is 23.7 Å². The van der Waals surface area contributed by atoms with Gasteiger partial charge < -0.3 is 9.64 Å². The summed E-state index contributed by atoms with van der Waals surface area (Å²) >= 11 is 6.41. The minimum atomic E-state index is -0.0103. The number of rotatable bonds is 8. The van der Waals surface area contributed by atoms with Gasteiger partial charge in [-0.2, -0.15) is 0 Å². The topological polar surface area (TPSA) is 45.7 Å². The van der Waals surface area contributed by atoms with E-state index in [9.17, 15) is 4.79 Å². The summed E-state index contributed by atoms with van der Waals surface area (Å²) < 4.78 is 7.27. The molecule has 1 aromatic carbocycles. The van der Waals surface area contributed by atoms with Crippen molar-refractivity contribution in [3.05, 3.63) is 39.0 Å². The highest BCUT2D eigenvalue weighted by molar-refractivity contribution is 9.11. The molecule has 0 aliphatic carbocycles. The minimum Gasteiger partial charge on any atom is -0.497 e. The molecule has 0 atom stereocenters. The number of aromatic nitrogens is 1. The number of carbonyl (C=O) groups excluding carboxylic acids is 1. The molecule has 0 aliphatic rings. The monoisotopic (exact) mass is 503 g/mol. The summed E-state index contributed by atoms with van der Waals surface area (Å²) in [5.41, 5.74) is 0.879. The zero-order valence-corrected chi connectivity index (χ0v) is 20.0. The Balaban J connectivity index is 0.00000280. The third-order valence-corrected chi connectivity index (χ3v) is 7.03. The molecule has 3 aromatic rings. The molecule has 0 aliphatic heterocycles. The van der Waals surface area contributed by atoms with Gasteiger partial charge >= 0.3 is 0 Å². The molecule has 5 nitrogen and oxygen atoms in total. The molecule has 0 N–H and O–H groups in total. The van der Waals surface area contributed by atoms with Crippen molar-refractivity contribution in [2.75, 3.05) is 38.2 Å². The molecule has 0 bridgehead atoms. The fourth-order valence-electron chi connectivity index (χ4n) is 2.76. The maximum absolute atomic E-state index is 13.2. The number of carbonyl (C=O) groups is 1. The molecule has 1 amide bonds. The highest BCUT2D eigenvalue weighted by atomic mass is 79.9. The number of methoxy groups -OCH3 is 1. The molecule has 2 aromatic heterocycles. The second kappa shape index (κ2) is 10.5. The van der Waals surface area contributed by atoms with Gasteiger partial charge in [-0.25, -0.2) is 4.98 Å². The SMILES string of the molecule is CCN(CC)CCN(C(=O)c1ccc(Br)s1)c1nc2ccc(OC)cc2s1.Cl. The second-order valence-electron chi connectivity index (χ2n) is 5.92. The van der Waals surface area contributed by atoms with Gasteiger partial charge in [-0.05, 0) is 59.4 Å². The number of ether oxygens (including phenoxy) is 1. The van der Waals surface area contributed by atoms with Crippen molar-refractivity contribution in [1.29, 1.82) is 0 Å². The summed E-state index contributed by atoms with van der Waals surface area (Å²) in [4.78, 5) is 22.7. The van der Waals surface area contributed by atoms with Crippen LogP contribution in [0.15, 0.2) is 34.1 Å². The standard InChI is InChI=1S/C19H22BrN3O2S2.ClH/c1-4-22(5-2)10-11-23(18(24)15-8-9-17(20)26-15)19-21-14-7-6-13(25-3)12-16(14)27-19;/h6-9,12H,4-5,10-11H2,1-3H3;1H. The average Bonchev–Trinajstić information content (AvgIpc) is 3.30. The molecule has 3 rings (SSSR count). The van der Waals surface area contributed by atoms with Crippen LogP contribution < -0.4 is 9.64 Å². The van der Waals surface area contributed by atoms with Crippen molar-refractivity contribution in [2.24, 2.45) is 0 Å². The van der Waals surface area contributed by atoms with Crippen LogP contribution in [0.2, 0.25) is 0 Å². The van der Waals surface area contributed by atoms with Gasteiger partial charge in [0.15, 0.2) is 5.13 Å². The molecule has 152 valence electrons. The highest BCUT2D eigenvalue weighted by Crippen LogP contribution is 2.33. The van der Waals surface area contributed by atoms with Crippen LogP contribution in [0, 0.1) is 0 Å². The van der Waals surface area contributed by atoms with Gasteiger partial charge in [0.05, 0.1) is 26.0 Å². The number of thiophene rings is 1. The summed E-state index contributed by atoms with van der Waals surface area (Å²) in [7, 11) is 1.65. The number of amides is 1. The Morgan fingerprint density at radius 2 is 1.89 bits per heavy atom. The molecule has 9 heteroatoms. The Morgan fingerprint density at radius 1 is 1.14 bits per heavy atom. The van der Waals surface area contributed by atoms with E-state index in [1.165, 1.54) is 22.7 Å². The number of thiazole rings is 1. The fourth-order valence-corrected chi connectivity index (χ4v) is 5.12. The first kappa shape index (κ1) is 23.1. The Kier molecular flexibility index (Phi) is 8.70. The van der Waals surface area contributed by atoms with Crippen molar-refractivity contribution in [3.63, 3.8) is 0 Å². The van der Waals surface area contributed by atoms with Crippen LogP contribution in [-0.2, 0) is 0 Å². The summed E-state index contributed by atoms with van der Waals surface area (Å²) in [6.07, 6.45) is 0. The molecule has 0 saturated carbocycles. The first-order chi connectivity index (χ1) is 13.0. The minimum absolute atomic E-state index is 0. The van der Waals surface area contributed by atoms with E-state index in [1.54, 1.807) is 12.0 Å². The number of hydrogen-bond acceptors (Lipinski definition) is 6. The molecular formula is C19H23BrClN3O2S2. The largest absolute Gasteiger partial charge is 0.497 e. The summed E-state index contributed by atoms with van der Waals surface area (Å²) in [5.74, 6) is 0.782. The van der Waals surface area contributed by atoms with Crippen LogP contribution in [-0.4, -0.2) is 49.1 Å². The van der Waals surface area contributed by atoms with E-state index in [0.717, 1.165) is 44.5 Å². The lowest BCUT2D eigenvalue weighted by molar-refractivity contribution is 0.0987. The first-order valence-electron chi connectivity index (χ1n) is 8.79. The molecule has 28 heavy (non-hydrogen) atoms. The van der Waals surface area contributed by atoms with Gasteiger partial charge in [-0.1, -0.05) is 25.2 Å². The van der Waals surface area contributed by atoms with Gasteiger partial charge in [0.2, 0.25) is 0 Å². The van der Waals surface area contributed by atoms with Crippen molar-refractivity contribution in [3.8, 4) is 5.75 Å². The molecule has 0 radical (unpaired) electrons. The quantitative estimate of drug-likeness (QED) is 0.404. The van der Waals surface area contributed by atoms with Crippen LogP contribution in [0.5, 0.6) is 5.75 Å². The van der Waals surface area contributed by atoms with E-state index in [2.05, 4.69) is 34.7 Å². The van der Waals surface area contributed by atoms with Crippen LogP contribution in [0.25, 0.3) is 10.2 Å². The Labute approximate surface area is 187 Å². The van der Waals surface area contributed by atoms with Crippen molar-refractivity contribution in [1.82, 2.24) is 9.88 Å². The molecule has 0 unspecified atom stereocenters. The third-order valence-electron chi connectivity index (χ3n) is 4.38. The Morgan fingerprint density at radius 3 is 2.50 bits per heavy atom. The van der Waals surface area contributed by atoms with E-state index in [0.29, 0.717) is 11.4 Å². The molecule has 0 fully saturated rings. The number of halogens is 2.